The van der Waals surface area contributed by atoms with Crippen molar-refractivity contribution in [3.8, 4) is 5.75 Å². The van der Waals surface area contributed by atoms with Gasteiger partial charge in [-0.1, -0.05) is 18.2 Å². The lowest BCUT2D eigenvalue weighted by Crippen LogP contribution is -2.23. The van der Waals surface area contributed by atoms with Gasteiger partial charge in [-0.15, -0.1) is 0 Å². The summed E-state index contributed by atoms with van der Waals surface area (Å²) in [5, 5.41) is 10.3. The highest BCUT2D eigenvalue weighted by molar-refractivity contribution is 5.74. The topological polar surface area (TPSA) is 47.3 Å². The van der Waals surface area contributed by atoms with Crippen LogP contribution >= 0.6 is 0 Å². The Balaban J connectivity index is 1.67. The van der Waals surface area contributed by atoms with Crippen LogP contribution in [0.5, 0.6) is 5.75 Å². The van der Waals surface area contributed by atoms with E-state index in [0.717, 1.165) is 27.9 Å². The van der Waals surface area contributed by atoms with E-state index in [1.807, 2.05) is 48.7 Å². The lowest BCUT2D eigenvalue weighted by atomic mass is 10.1. The van der Waals surface area contributed by atoms with Gasteiger partial charge in [-0.3, -0.25) is 0 Å². The summed E-state index contributed by atoms with van der Waals surface area (Å²) in [6.07, 6.45) is 1.17. The molecule has 0 aliphatic heterocycles. The molecule has 0 spiro atoms. The summed E-state index contributed by atoms with van der Waals surface area (Å²) in [4.78, 5) is 4.34. The number of nitrogens with zero attached hydrogens (tertiary/aromatic N) is 2. The fourth-order valence-corrected chi connectivity index (χ4v) is 2.77. The minimum Gasteiger partial charge on any atom is -0.491 e. The normalized spacial score (nSPS) is 12.5. The number of aliphatic hydroxyl groups is 1. The SMILES string of the molecule is Cc1cc(C)c(C)c(OC[C@H](O)Cn2cnc3ccccc32)c1. The fourth-order valence-electron chi connectivity index (χ4n) is 2.77. The maximum absolute atomic E-state index is 10.3. The van der Waals surface area contributed by atoms with Crippen LogP contribution in [0.4, 0.5) is 0 Å². The summed E-state index contributed by atoms with van der Waals surface area (Å²) >= 11 is 0. The van der Waals surface area contributed by atoms with E-state index in [9.17, 15) is 5.11 Å². The Labute approximate surface area is 136 Å². The zero-order chi connectivity index (χ0) is 16.4. The molecule has 1 aromatic heterocycles. The van der Waals surface area contributed by atoms with Crippen LogP contribution < -0.4 is 4.74 Å². The Morgan fingerprint density at radius 3 is 2.78 bits per heavy atom. The first-order valence-electron chi connectivity index (χ1n) is 7.83. The Hall–Kier alpha value is -2.33. The molecular formula is C19H22N2O2. The van der Waals surface area contributed by atoms with Crippen LogP contribution in [0.15, 0.2) is 42.7 Å². The van der Waals surface area contributed by atoms with Crippen molar-refractivity contribution in [2.75, 3.05) is 6.61 Å². The molecule has 0 fully saturated rings. The minimum absolute atomic E-state index is 0.260. The van der Waals surface area contributed by atoms with Crippen molar-refractivity contribution >= 4 is 11.0 Å². The highest BCUT2D eigenvalue weighted by Gasteiger charge is 2.11. The Bertz CT molecular complexity index is 823. The zero-order valence-corrected chi connectivity index (χ0v) is 13.8. The second-order valence-corrected chi connectivity index (χ2v) is 6.06. The molecule has 23 heavy (non-hydrogen) atoms. The minimum atomic E-state index is -0.590. The molecule has 1 atom stereocenters. The van der Waals surface area contributed by atoms with Crippen molar-refractivity contribution in [3.63, 3.8) is 0 Å². The third kappa shape index (κ3) is 3.37. The molecule has 2 aromatic carbocycles. The van der Waals surface area contributed by atoms with E-state index in [1.54, 1.807) is 6.33 Å². The largest absolute Gasteiger partial charge is 0.491 e. The molecule has 0 saturated carbocycles. The van der Waals surface area contributed by atoms with Gasteiger partial charge in [0.25, 0.3) is 0 Å². The summed E-state index contributed by atoms with van der Waals surface area (Å²) < 4.78 is 7.79. The van der Waals surface area contributed by atoms with Crippen molar-refractivity contribution in [2.24, 2.45) is 0 Å². The van der Waals surface area contributed by atoms with E-state index in [4.69, 9.17) is 4.74 Å². The lowest BCUT2D eigenvalue weighted by molar-refractivity contribution is 0.0930. The van der Waals surface area contributed by atoms with Crippen molar-refractivity contribution in [1.29, 1.82) is 0 Å². The van der Waals surface area contributed by atoms with E-state index in [2.05, 4.69) is 18.0 Å². The van der Waals surface area contributed by atoms with E-state index < -0.39 is 6.10 Å². The van der Waals surface area contributed by atoms with Crippen molar-refractivity contribution in [3.05, 3.63) is 59.4 Å². The van der Waals surface area contributed by atoms with E-state index in [0.29, 0.717) is 6.54 Å². The highest BCUT2D eigenvalue weighted by Crippen LogP contribution is 2.23. The summed E-state index contributed by atoms with van der Waals surface area (Å²) in [5.41, 5.74) is 5.45. The quantitative estimate of drug-likeness (QED) is 0.785. The molecule has 1 N–H and O–H groups in total. The first kappa shape index (κ1) is 15.6. The Morgan fingerprint density at radius 1 is 1.17 bits per heavy atom. The van der Waals surface area contributed by atoms with Gasteiger partial charge in [-0.25, -0.2) is 4.98 Å². The number of hydrogen-bond acceptors (Lipinski definition) is 3. The van der Waals surface area contributed by atoms with Crippen LogP contribution in [0.25, 0.3) is 11.0 Å². The molecule has 0 amide bonds. The molecule has 0 saturated heterocycles. The second-order valence-electron chi connectivity index (χ2n) is 6.06. The molecule has 0 unspecified atom stereocenters. The maximum Gasteiger partial charge on any atom is 0.122 e. The first-order valence-corrected chi connectivity index (χ1v) is 7.83. The van der Waals surface area contributed by atoms with Gasteiger partial charge in [-0.05, 0) is 55.7 Å². The molecule has 0 bridgehead atoms. The van der Waals surface area contributed by atoms with E-state index >= 15 is 0 Å². The third-order valence-electron chi connectivity index (χ3n) is 4.13. The Kier molecular flexibility index (Phi) is 4.35. The van der Waals surface area contributed by atoms with Crippen molar-refractivity contribution in [2.45, 2.75) is 33.4 Å². The number of para-hydroxylation sites is 2. The summed E-state index contributed by atoms with van der Waals surface area (Å²) in [7, 11) is 0. The second kappa shape index (κ2) is 6.42. The molecule has 4 nitrogen and oxygen atoms in total. The van der Waals surface area contributed by atoms with Crippen LogP contribution in [-0.4, -0.2) is 27.4 Å². The number of hydrogen-bond donors (Lipinski definition) is 1. The molecule has 4 heteroatoms. The standard InChI is InChI=1S/C19H22N2O2/c1-13-8-14(2)15(3)19(9-13)23-11-16(22)10-21-12-20-17-6-4-5-7-18(17)21/h4-9,12,16,22H,10-11H2,1-3H3/t16-/m1/s1. The van der Waals surface area contributed by atoms with Gasteiger partial charge < -0.3 is 14.4 Å². The predicted molar refractivity (Wildman–Crippen MR) is 91.9 cm³/mol. The predicted octanol–water partition coefficient (Wildman–Crippen LogP) is 3.40. The molecule has 3 rings (SSSR count). The summed E-state index contributed by atoms with van der Waals surface area (Å²) in [6.45, 7) is 6.89. The van der Waals surface area contributed by atoms with Gasteiger partial charge in [-0.2, -0.15) is 0 Å². The van der Waals surface area contributed by atoms with Crippen LogP contribution in [0.1, 0.15) is 16.7 Å². The van der Waals surface area contributed by atoms with Crippen LogP contribution in [0.3, 0.4) is 0 Å². The van der Waals surface area contributed by atoms with Crippen LogP contribution in [-0.2, 0) is 6.54 Å². The van der Waals surface area contributed by atoms with Gasteiger partial charge in [0.2, 0.25) is 0 Å². The van der Waals surface area contributed by atoms with Crippen LogP contribution in [0, 0.1) is 20.8 Å². The Morgan fingerprint density at radius 2 is 1.96 bits per heavy atom. The number of aromatic nitrogens is 2. The molecule has 0 aliphatic carbocycles. The first-order chi connectivity index (χ1) is 11.0. The van der Waals surface area contributed by atoms with Crippen LogP contribution in [0.2, 0.25) is 0 Å². The summed E-state index contributed by atoms with van der Waals surface area (Å²) in [5.74, 6) is 0.844. The van der Waals surface area contributed by atoms with Gasteiger partial charge >= 0.3 is 0 Å². The third-order valence-corrected chi connectivity index (χ3v) is 4.13. The number of fused-ring (bicyclic) bond motifs is 1. The molecule has 0 radical (unpaired) electrons. The molecular weight excluding hydrogens is 288 g/mol. The van der Waals surface area contributed by atoms with Crippen molar-refractivity contribution < 1.29 is 9.84 Å². The zero-order valence-electron chi connectivity index (χ0n) is 13.8. The van der Waals surface area contributed by atoms with Gasteiger partial charge in [0, 0.05) is 0 Å². The number of rotatable bonds is 5. The van der Waals surface area contributed by atoms with E-state index in [1.165, 1.54) is 5.56 Å². The highest BCUT2D eigenvalue weighted by atomic mass is 16.5. The van der Waals surface area contributed by atoms with Crippen molar-refractivity contribution in [1.82, 2.24) is 9.55 Å². The molecule has 120 valence electrons. The number of benzene rings is 2. The van der Waals surface area contributed by atoms with Gasteiger partial charge in [0.1, 0.15) is 18.5 Å². The smallest absolute Gasteiger partial charge is 0.122 e. The number of ether oxygens (including phenoxy) is 1. The molecule has 3 aromatic rings. The molecule has 0 aliphatic rings. The number of imidazole rings is 1. The lowest BCUT2D eigenvalue weighted by Gasteiger charge is -2.16. The monoisotopic (exact) mass is 310 g/mol. The molecule has 1 heterocycles. The average Bonchev–Trinajstić information content (AvgIpc) is 2.93. The average molecular weight is 310 g/mol. The maximum atomic E-state index is 10.3. The van der Waals surface area contributed by atoms with Gasteiger partial charge in [0.15, 0.2) is 0 Å². The van der Waals surface area contributed by atoms with Gasteiger partial charge in [0.05, 0.1) is 23.9 Å². The fraction of sp³-hybridized carbons (Fsp3) is 0.316. The number of aliphatic hydroxyl groups excluding tert-OH is 1. The van der Waals surface area contributed by atoms with E-state index in [-0.39, 0.29) is 6.61 Å². The summed E-state index contributed by atoms with van der Waals surface area (Å²) in [6, 6.07) is 12.1. The number of aryl methyl sites for hydroxylation is 2.